The summed E-state index contributed by atoms with van der Waals surface area (Å²) in [6, 6.07) is 23.4. The standard InChI is InChI=1S/C29H29BrN4O3S/c1-20-14-21(2)16-25(15-20)33(38(36,37)26-10-6-5-7-11-26)19-29(35)32-31-18-24-17-22(3)34(23(24)4)28-13-9-8-12-27(28)30/h5-18H,19H2,1-4H3,(H,32,35)/b31-18-. The lowest BCUT2D eigenvalue weighted by Crippen LogP contribution is -2.39. The maximum absolute atomic E-state index is 13.5. The van der Waals surface area contributed by atoms with Crippen LogP contribution in [0, 0.1) is 27.7 Å². The third kappa shape index (κ3) is 5.89. The fraction of sp³-hybridized carbons (Fsp3) is 0.172. The molecular formula is C29H29BrN4O3S. The number of nitrogens with one attached hydrogen (secondary N) is 1. The van der Waals surface area contributed by atoms with E-state index in [1.54, 1.807) is 36.5 Å². The summed E-state index contributed by atoms with van der Waals surface area (Å²) in [7, 11) is -3.99. The lowest BCUT2D eigenvalue weighted by atomic mass is 10.1. The van der Waals surface area contributed by atoms with Gasteiger partial charge in [0.05, 0.1) is 22.5 Å². The summed E-state index contributed by atoms with van der Waals surface area (Å²) >= 11 is 3.60. The molecule has 0 bridgehead atoms. The minimum absolute atomic E-state index is 0.106. The van der Waals surface area contributed by atoms with Crippen LogP contribution in [0.2, 0.25) is 0 Å². The Hall–Kier alpha value is -3.69. The van der Waals surface area contributed by atoms with E-state index in [0.717, 1.165) is 42.5 Å². The third-order valence-electron chi connectivity index (χ3n) is 6.07. The van der Waals surface area contributed by atoms with Crippen LogP contribution in [0.25, 0.3) is 5.69 Å². The van der Waals surface area contributed by atoms with Gasteiger partial charge >= 0.3 is 0 Å². The van der Waals surface area contributed by atoms with E-state index in [-0.39, 0.29) is 4.90 Å². The summed E-state index contributed by atoms with van der Waals surface area (Å²) in [5.74, 6) is -0.556. The number of nitrogens with zero attached hydrogens (tertiary/aromatic N) is 3. The number of hydrazone groups is 1. The Morgan fingerprint density at radius 1 is 0.947 bits per heavy atom. The maximum Gasteiger partial charge on any atom is 0.264 e. The number of carbonyl (C=O) groups excluding carboxylic acids is 1. The number of carbonyl (C=O) groups is 1. The van der Waals surface area contributed by atoms with Crippen LogP contribution in [0.1, 0.15) is 28.1 Å². The van der Waals surface area contributed by atoms with Gasteiger partial charge in [-0.3, -0.25) is 9.10 Å². The molecule has 4 rings (SSSR count). The first-order valence-electron chi connectivity index (χ1n) is 12.0. The number of anilines is 1. The third-order valence-corrected chi connectivity index (χ3v) is 8.53. The van der Waals surface area contributed by atoms with Crippen molar-refractivity contribution in [3.05, 3.63) is 111 Å². The zero-order chi connectivity index (χ0) is 27.4. The van der Waals surface area contributed by atoms with Gasteiger partial charge in [-0.05, 0) is 97.2 Å². The van der Waals surface area contributed by atoms with Crippen molar-refractivity contribution in [1.29, 1.82) is 0 Å². The predicted octanol–water partition coefficient (Wildman–Crippen LogP) is 5.82. The van der Waals surface area contributed by atoms with Crippen molar-refractivity contribution in [3.8, 4) is 5.69 Å². The lowest BCUT2D eigenvalue weighted by molar-refractivity contribution is -0.119. The summed E-state index contributed by atoms with van der Waals surface area (Å²) in [5.41, 5.74) is 8.51. The number of aromatic nitrogens is 1. The second-order valence-corrected chi connectivity index (χ2v) is 11.8. The van der Waals surface area contributed by atoms with E-state index < -0.39 is 22.5 Å². The predicted molar refractivity (Wildman–Crippen MR) is 156 cm³/mol. The SMILES string of the molecule is Cc1cc(C)cc(N(CC(=O)N/N=C\c2cc(C)n(-c3ccccc3Br)c2C)S(=O)(=O)c2ccccc2)c1. The summed E-state index contributed by atoms with van der Waals surface area (Å²) in [6.45, 7) is 7.33. The van der Waals surface area contributed by atoms with Crippen molar-refractivity contribution in [2.45, 2.75) is 32.6 Å². The molecule has 1 amide bonds. The van der Waals surface area contributed by atoms with Crippen molar-refractivity contribution in [2.24, 2.45) is 5.10 Å². The zero-order valence-corrected chi connectivity index (χ0v) is 24.0. The number of aryl methyl sites for hydroxylation is 3. The van der Waals surface area contributed by atoms with Crippen molar-refractivity contribution in [3.63, 3.8) is 0 Å². The quantitative estimate of drug-likeness (QED) is 0.207. The first-order chi connectivity index (χ1) is 18.1. The molecule has 0 radical (unpaired) electrons. The summed E-state index contributed by atoms with van der Waals surface area (Å²) < 4.78 is 31.2. The largest absolute Gasteiger partial charge is 0.317 e. The number of rotatable bonds is 8. The van der Waals surface area contributed by atoms with Gasteiger partial charge in [-0.15, -0.1) is 0 Å². The average molecular weight is 594 g/mol. The molecule has 1 N–H and O–H groups in total. The number of para-hydroxylation sites is 1. The van der Waals surface area contributed by atoms with E-state index in [4.69, 9.17) is 0 Å². The van der Waals surface area contributed by atoms with Crippen molar-refractivity contribution in [2.75, 3.05) is 10.8 Å². The molecule has 0 saturated heterocycles. The van der Waals surface area contributed by atoms with E-state index in [1.165, 1.54) is 12.1 Å². The first kappa shape index (κ1) is 27.3. The molecule has 1 heterocycles. The topological polar surface area (TPSA) is 83.8 Å². The highest BCUT2D eigenvalue weighted by molar-refractivity contribution is 9.10. The number of hydrogen-bond acceptors (Lipinski definition) is 4. The van der Waals surface area contributed by atoms with Gasteiger partial charge in [0.15, 0.2) is 0 Å². The van der Waals surface area contributed by atoms with Gasteiger partial charge in [0.1, 0.15) is 6.54 Å². The minimum Gasteiger partial charge on any atom is -0.317 e. The minimum atomic E-state index is -3.99. The van der Waals surface area contributed by atoms with Gasteiger partial charge < -0.3 is 4.57 Å². The Balaban J connectivity index is 1.58. The highest BCUT2D eigenvalue weighted by Gasteiger charge is 2.27. The van der Waals surface area contributed by atoms with E-state index in [1.807, 2.05) is 64.1 Å². The number of halogens is 1. The Morgan fingerprint density at radius 3 is 2.24 bits per heavy atom. The summed E-state index contributed by atoms with van der Waals surface area (Å²) in [4.78, 5) is 13.1. The molecule has 38 heavy (non-hydrogen) atoms. The fourth-order valence-electron chi connectivity index (χ4n) is 4.39. The molecule has 0 fully saturated rings. The molecular weight excluding hydrogens is 564 g/mol. The van der Waals surface area contributed by atoms with Gasteiger partial charge in [-0.25, -0.2) is 13.8 Å². The number of benzene rings is 3. The van der Waals surface area contributed by atoms with Gasteiger partial charge in [-0.2, -0.15) is 5.10 Å². The van der Waals surface area contributed by atoms with Crippen LogP contribution in [0.5, 0.6) is 0 Å². The molecule has 1 aromatic heterocycles. The normalized spacial score (nSPS) is 11.6. The molecule has 3 aromatic carbocycles. The smallest absolute Gasteiger partial charge is 0.264 e. The van der Waals surface area contributed by atoms with Gasteiger partial charge in [-0.1, -0.05) is 36.4 Å². The van der Waals surface area contributed by atoms with Crippen molar-refractivity contribution >= 4 is 43.8 Å². The van der Waals surface area contributed by atoms with E-state index in [2.05, 4.69) is 31.0 Å². The molecule has 4 aromatic rings. The Labute approximate surface area is 232 Å². The van der Waals surface area contributed by atoms with Crippen molar-refractivity contribution in [1.82, 2.24) is 9.99 Å². The van der Waals surface area contributed by atoms with E-state index in [0.29, 0.717) is 5.69 Å². The second kappa shape index (κ2) is 11.4. The van der Waals surface area contributed by atoms with Crippen LogP contribution in [0.15, 0.2) is 93.3 Å². The molecule has 0 aliphatic carbocycles. The van der Waals surface area contributed by atoms with Gasteiger partial charge in [0.2, 0.25) is 0 Å². The summed E-state index contributed by atoms with van der Waals surface area (Å²) in [5, 5.41) is 4.14. The Kier molecular flexibility index (Phi) is 8.18. The second-order valence-electron chi connectivity index (χ2n) is 9.08. The molecule has 0 aliphatic rings. The van der Waals surface area contributed by atoms with Gasteiger partial charge in [0, 0.05) is 21.4 Å². The van der Waals surface area contributed by atoms with E-state index >= 15 is 0 Å². The summed E-state index contributed by atoms with van der Waals surface area (Å²) in [6.07, 6.45) is 1.57. The molecule has 7 nitrogen and oxygen atoms in total. The van der Waals surface area contributed by atoms with Crippen LogP contribution in [0.4, 0.5) is 5.69 Å². The Morgan fingerprint density at radius 2 is 1.58 bits per heavy atom. The lowest BCUT2D eigenvalue weighted by Gasteiger charge is -2.24. The van der Waals surface area contributed by atoms with Crippen LogP contribution in [-0.4, -0.2) is 31.7 Å². The molecule has 0 atom stereocenters. The van der Waals surface area contributed by atoms with Crippen molar-refractivity contribution < 1.29 is 13.2 Å². The van der Waals surface area contributed by atoms with Crippen LogP contribution in [0.3, 0.4) is 0 Å². The zero-order valence-electron chi connectivity index (χ0n) is 21.6. The highest BCUT2D eigenvalue weighted by Crippen LogP contribution is 2.27. The van der Waals surface area contributed by atoms with Crippen LogP contribution < -0.4 is 9.73 Å². The molecule has 0 saturated carbocycles. The molecule has 9 heteroatoms. The van der Waals surface area contributed by atoms with E-state index in [9.17, 15) is 13.2 Å². The molecule has 196 valence electrons. The van der Waals surface area contributed by atoms with Crippen LogP contribution in [-0.2, 0) is 14.8 Å². The first-order valence-corrected chi connectivity index (χ1v) is 14.2. The highest BCUT2D eigenvalue weighted by atomic mass is 79.9. The number of sulfonamides is 1. The van der Waals surface area contributed by atoms with Gasteiger partial charge in [0.25, 0.3) is 15.9 Å². The molecule has 0 aliphatic heterocycles. The number of amides is 1. The van der Waals surface area contributed by atoms with Crippen LogP contribution >= 0.6 is 15.9 Å². The molecule has 0 spiro atoms. The molecule has 0 unspecified atom stereocenters. The number of hydrogen-bond donors (Lipinski definition) is 1. The average Bonchev–Trinajstić information content (AvgIpc) is 3.15. The maximum atomic E-state index is 13.5. The monoisotopic (exact) mass is 592 g/mol. The Bertz CT molecular complexity index is 1590. The fourth-order valence-corrected chi connectivity index (χ4v) is 6.28.